The van der Waals surface area contributed by atoms with Crippen molar-refractivity contribution in [1.29, 1.82) is 0 Å². The number of aldehydes is 1. The molecule has 18 heavy (non-hydrogen) atoms. The van der Waals surface area contributed by atoms with Crippen LogP contribution in [0.25, 0.3) is 0 Å². The van der Waals surface area contributed by atoms with Crippen LogP contribution in [0, 0.1) is 6.92 Å². The van der Waals surface area contributed by atoms with Gasteiger partial charge in [-0.15, -0.1) is 0 Å². The molecule has 0 atom stereocenters. The lowest BCUT2D eigenvalue weighted by Gasteiger charge is -2.11. The molecular formula is C15H16N2O. The highest BCUT2D eigenvalue weighted by Gasteiger charge is 2.03. The van der Waals surface area contributed by atoms with Crippen LogP contribution < -0.4 is 5.32 Å². The number of nitrogens with one attached hydrogen (secondary N) is 1. The second kappa shape index (κ2) is 5.45. The molecule has 0 radical (unpaired) electrons. The number of rotatable bonds is 4. The molecule has 92 valence electrons. The van der Waals surface area contributed by atoms with Crippen molar-refractivity contribution in [2.45, 2.75) is 20.3 Å². The second-order valence-electron chi connectivity index (χ2n) is 4.21. The number of hydrogen-bond acceptors (Lipinski definition) is 3. The standard InChI is InChI=1S/C15H16N2O/c1-3-12-6-4-5-7-14(12)17-15-9-11(2)8-13(10-18)16-15/h4-10H,3H2,1-2H3,(H,16,17). The van der Waals surface area contributed by atoms with Gasteiger partial charge < -0.3 is 5.32 Å². The number of hydrogen-bond donors (Lipinski definition) is 1. The molecule has 1 aromatic carbocycles. The molecule has 0 aliphatic rings. The van der Waals surface area contributed by atoms with Crippen molar-refractivity contribution < 1.29 is 4.79 Å². The highest BCUT2D eigenvalue weighted by Crippen LogP contribution is 2.20. The molecular weight excluding hydrogens is 224 g/mol. The van der Waals surface area contributed by atoms with Crippen LogP contribution in [0.5, 0.6) is 0 Å². The predicted octanol–water partition coefficient (Wildman–Crippen LogP) is 3.51. The zero-order valence-corrected chi connectivity index (χ0v) is 10.6. The number of nitrogens with zero attached hydrogens (tertiary/aromatic N) is 1. The van der Waals surface area contributed by atoms with Gasteiger partial charge in [0.2, 0.25) is 0 Å². The summed E-state index contributed by atoms with van der Waals surface area (Å²) in [6, 6.07) is 11.8. The van der Waals surface area contributed by atoms with Crippen molar-refractivity contribution in [2.75, 3.05) is 5.32 Å². The van der Waals surface area contributed by atoms with Crippen LogP contribution >= 0.6 is 0 Å². The van der Waals surface area contributed by atoms with Crippen molar-refractivity contribution in [3.8, 4) is 0 Å². The number of aryl methyl sites for hydroxylation is 2. The number of pyridine rings is 1. The van der Waals surface area contributed by atoms with E-state index in [1.165, 1.54) is 5.56 Å². The molecule has 0 spiro atoms. The van der Waals surface area contributed by atoms with Crippen molar-refractivity contribution in [3.63, 3.8) is 0 Å². The SMILES string of the molecule is CCc1ccccc1Nc1cc(C)cc(C=O)n1. The molecule has 1 N–H and O–H groups in total. The predicted molar refractivity (Wildman–Crippen MR) is 73.5 cm³/mol. The minimum atomic E-state index is 0.450. The first-order chi connectivity index (χ1) is 8.72. The lowest BCUT2D eigenvalue weighted by Crippen LogP contribution is -1.99. The summed E-state index contributed by atoms with van der Waals surface area (Å²) in [5.74, 6) is 0.706. The number of para-hydroxylation sites is 1. The van der Waals surface area contributed by atoms with E-state index in [1.54, 1.807) is 6.07 Å². The largest absolute Gasteiger partial charge is 0.340 e. The lowest BCUT2D eigenvalue weighted by atomic mass is 10.1. The van der Waals surface area contributed by atoms with Crippen LogP contribution in [0.4, 0.5) is 11.5 Å². The van der Waals surface area contributed by atoms with Gasteiger partial charge in [-0.05, 0) is 42.7 Å². The van der Waals surface area contributed by atoms with Crippen LogP contribution in [-0.4, -0.2) is 11.3 Å². The summed E-state index contributed by atoms with van der Waals surface area (Å²) >= 11 is 0. The molecule has 3 nitrogen and oxygen atoms in total. The number of carbonyl (C=O) groups is 1. The Bertz CT molecular complexity index is 564. The fraction of sp³-hybridized carbons (Fsp3) is 0.200. The van der Waals surface area contributed by atoms with Gasteiger partial charge >= 0.3 is 0 Å². The summed E-state index contributed by atoms with van der Waals surface area (Å²) in [6.45, 7) is 4.06. The van der Waals surface area contributed by atoms with Crippen molar-refractivity contribution >= 4 is 17.8 Å². The van der Waals surface area contributed by atoms with Crippen molar-refractivity contribution in [3.05, 3.63) is 53.2 Å². The van der Waals surface area contributed by atoms with Crippen LogP contribution in [0.15, 0.2) is 36.4 Å². The highest BCUT2D eigenvalue weighted by molar-refractivity contribution is 5.74. The quantitative estimate of drug-likeness (QED) is 0.831. The minimum Gasteiger partial charge on any atom is -0.340 e. The number of anilines is 2. The maximum atomic E-state index is 10.8. The van der Waals surface area contributed by atoms with Gasteiger partial charge in [0.05, 0.1) is 0 Å². The lowest BCUT2D eigenvalue weighted by molar-refractivity contribution is 0.111. The van der Waals surface area contributed by atoms with Crippen LogP contribution in [0.3, 0.4) is 0 Å². The van der Waals surface area contributed by atoms with Gasteiger partial charge in [-0.2, -0.15) is 0 Å². The monoisotopic (exact) mass is 240 g/mol. The molecule has 1 heterocycles. The summed E-state index contributed by atoms with van der Waals surface area (Å²) in [7, 11) is 0. The third-order valence-corrected chi connectivity index (χ3v) is 2.77. The highest BCUT2D eigenvalue weighted by atomic mass is 16.1. The maximum absolute atomic E-state index is 10.8. The Morgan fingerprint density at radius 3 is 2.78 bits per heavy atom. The molecule has 0 saturated carbocycles. The zero-order chi connectivity index (χ0) is 13.0. The van der Waals surface area contributed by atoms with Gasteiger partial charge in [-0.25, -0.2) is 4.98 Å². The molecule has 0 aliphatic heterocycles. The maximum Gasteiger partial charge on any atom is 0.168 e. The molecule has 0 aliphatic carbocycles. The van der Waals surface area contributed by atoms with Crippen molar-refractivity contribution in [2.24, 2.45) is 0 Å². The molecule has 1 aromatic heterocycles. The first-order valence-electron chi connectivity index (χ1n) is 6.01. The Morgan fingerprint density at radius 1 is 1.28 bits per heavy atom. The molecule has 0 amide bonds. The summed E-state index contributed by atoms with van der Waals surface area (Å²) < 4.78 is 0. The van der Waals surface area contributed by atoms with Crippen LogP contribution in [-0.2, 0) is 6.42 Å². The van der Waals surface area contributed by atoms with E-state index < -0.39 is 0 Å². The summed E-state index contributed by atoms with van der Waals surface area (Å²) in [4.78, 5) is 15.0. The van der Waals surface area contributed by atoms with Gasteiger partial charge in [0, 0.05) is 5.69 Å². The third kappa shape index (κ3) is 2.74. The minimum absolute atomic E-state index is 0.450. The topological polar surface area (TPSA) is 42.0 Å². The molecule has 2 aromatic rings. The zero-order valence-electron chi connectivity index (χ0n) is 10.6. The normalized spacial score (nSPS) is 10.1. The van der Waals surface area contributed by atoms with Gasteiger partial charge in [0.15, 0.2) is 6.29 Å². The van der Waals surface area contributed by atoms with Gasteiger partial charge in [0.25, 0.3) is 0 Å². The first-order valence-corrected chi connectivity index (χ1v) is 6.01. The summed E-state index contributed by atoms with van der Waals surface area (Å²) in [5.41, 5.74) is 3.73. The Morgan fingerprint density at radius 2 is 2.06 bits per heavy atom. The fourth-order valence-corrected chi connectivity index (χ4v) is 1.91. The Labute approximate surface area is 107 Å². The average molecular weight is 240 g/mol. The molecule has 2 rings (SSSR count). The van der Waals surface area contributed by atoms with Crippen LogP contribution in [0.1, 0.15) is 28.5 Å². The molecule has 0 saturated heterocycles. The van der Waals surface area contributed by atoms with Gasteiger partial charge in [-0.1, -0.05) is 25.1 Å². The Kier molecular flexibility index (Phi) is 3.72. The number of aromatic nitrogens is 1. The smallest absolute Gasteiger partial charge is 0.168 e. The number of carbonyl (C=O) groups excluding carboxylic acids is 1. The summed E-state index contributed by atoms with van der Waals surface area (Å²) in [6.07, 6.45) is 1.72. The Balaban J connectivity index is 2.33. The third-order valence-electron chi connectivity index (χ3n) is 2.77. The molecule has 0 unspecified atom stereocenters. The first kappa shape index (κ1) is 12.3. The van der Waals surface area contributed by atoms with E-state index in [4.69, 9.17) is 0 Å². The Hall–Kier alpha value is -2.16. The van der Waals surface area contributed by atoms with E-state index in [0.29, 0.717) is 11.5 Å². The van der Waals surface area contributed by atoms with E-state index in [9.17, 15) is 4.79 Å². The molecule has 0 fully saturated rings. The van der Waals surface area contributed by atoms with Gasteiger partial charge in [-0.3, -0.25) is 4.79 Å². The van der Waals surface area contributed by atoms with Crippen LogP contribution in [0.2, 0.25) is 0 Å². The molecule has 3 heteroatoms. The fourth-order valence-electron chi connectivity index (χ4n) is 1.91. The van der Waals surface area contributed by atoms with E-state index in [-0.39, 0.29) is 0 Å². The van der Waals surface area contributed by atoms with E-state index >= 15 is 0 Å². The molecule has 0 bridgehead atoms. The second-order valence-corrected chi connectivity index (χ2v) is 4.21. The van der Waals surface area contributed by atoms with E-state index in [0.717, 1.165) is 24.0 Å². The summed E-state index contributed by atoms with van der Waals surface area (Å²) in [5, 5.41) is 3.27. The number of benzene rings is 1. The van der Waals surface area contributed by atoms with Gasteiger partial charge in [0.1, 0.15) is 11.5 Å². The average Bonchev–Trinajstić information content (AvgIpc) is 2.38. The van der Waals surface area contributed by atoms with Crippen molar-refractivity contribution in [1.82, 2.24) is 4.98 Å². The van der Waals surface area contributed by atoms with E-state index in [1.807, 2.05) is 31.2 Å². The van der Waals surface area contributed by atoms with E-state index in [2.05, 4.69) is 23.3 Å².